The average Bonchev–Trinajstić information content (AvgIpc) is 2.12. The van der Waals surface area contributed by atoms with Gasteiger partial charge in [-0.05, 0) is 0 Å². The third-order valence-electron chi connectivity index (χ3n) is 2.25. The van der Waals surface area contributed by atoms with Gasteiger partial charge in [0.15, 0.2) is 0 Å². The Morgan fingerprint density at radius 2 is 1.24 bits per heavy atom. The zero-order valence-corrected chi connectivity index (χ0v) is 10.6. The van der Waals surface area contributed by atoms with E-state index in [1.165, 1.54) is 6.55 Å². The zero-order chi connectivity index (χ0) is 14.1. The molecule has 0 saturated carbocycles. The van der Waals surface area contributed by atoms with Crippen LogP contribution in [0.3, 0.4) is 0 Å². The van der Waals surface area contributed by atoms with Gasteiger partial charge in [-0.3, -0.25) is 0 Å². The SMILES string of the molecule is C[SiH2]CCC(F)(F)C(F)(F)C(F)(F)C(C)(F)F. The Bertz CT molecular complexity index is 257. The van der Waals surface area contributed by atoms with Gasteiger partial charge >= 0.3 is 23.7 Å². The molecule has 17 heavy (non-hydrogen) atoms. The largest absolute Gasteiger partial charge is 0.378 e. The topological polar surface area (TPSA) is 0 Å². The lowest BCUT2D eigenvalue weighted by Crippen LogP contribution is -2.61. The lowest BCUT2D eigenvalue weighted by Gasteiger charge is -2.35. The fourth-order valence-corrected chi connectivity index (χ4v) is 1.86. The summed E-state index contributed by atoms with van der Waals surface area (Å²) in [5.41, 5.74) is 0. The van der Waals surface area contributed by atoms with E-state index in [1.54, 1.807) is 0 Å². The minimum Gasteiger partial charge on any atom is -0.200 e. The summed E-state index contributed by atoms with van der Waals surface area (Å²) in [4.78, 5) is 0. The maximum Gasteiger partial charge on any atom is 0.378 e. The van der Waals surface area contributed by atoms with E-state index in [4.69, 9.17) is 0 Å². The maximum atomic E-state index is 12.9. The van der Waals surface area contributed by atoms with Crippen molar-refractivity contribution in [3.8, 4) is 0 Å². The molecular weight excluding hydrogens is 276 g/mol. The summed E-state index contributed by atoms with van der Waals surface area (Å²) < 4.78 is 101. The lowest BCUT2D eigenvalue weighted by molar-refractivity contribution is -0.362. The quantitative estimate of drug-likeness (QED) is 0.518. The number of hydrogen-bond donors (Lipinski definition) is 0. The van der Waals surface area contributed by atoms with Crippen molar-refractivity contribution in [1.82, 2.24) is 0 Å². The van der Waals surface area contributed by atoms with E-state index in [2.05, 4.69) is 0 Å². The molecule has 104 valence electrons. The third-order valence-corrected chi connectivity index (χ3v) is 3.31. The third kappa shape index (κ3) is 2.91. The Hall–Kier alpha value is -0.343. The number of rotatable bonds is 6. The molecule has 0 nitrogen and oxygen atoms in total. The molecule has 0 aliphatic heterocycles. The minimum atomic E-state index is -6.08. The molecule has 0 unspecified atom stereocenters. The fraction of sp³-hybridized carbons (Fsp3) is 1.00. The van der Waals surface area contributed by atoms with E-state index >= 15 is 0 Å². The van der Waals surface area contributed by atoms with Gasteiger partial charge in [0.1, 0.15) is 0 Å². The van der Waals surface area contributed by atoms with Gasteiger partial charge in [0.25, 0.3) is 0 Å². The van der Waals surface area contributed by atoms with Gasteiger partial charge in [-0.25, -0.2) is 0 Å². The van der Waals surface area contributed by atoms with Crippen molar-refractivity contribution in [2.24, 2.45) is 0 Å². The first kappa shape index (κ1) is 16.7. The summed E-state index contributed by atoms with van der Waals surface area (Å²) in [5.74, 6) is -22.5. The number of hydrogen-bond acceptors (Lipinski definition) is 0. The van der Waals surface area contributed by atoms with E-state index in [0.29, 0.717) is 0 Å². The first-order chi connectivity index (χ1) is 7.31. The highest BCUT2D eigenvalue weighted by molar-refractivity contribution is 6.33. The molecule has 0 aliphatic rings. The van der Waals surface area contributed by atoms with Crippen LogP contribution in [0, 0.1) is 0 Å². The molecule has 0 saturated heterocycles. The Morgan fingerprint density at radius 1 is 0.824 bits per heavy atom. The molecule has 0 heterocycles. The van der Waals surface area contributed by atoms with Crippen LogP contribution in [0.15, 0.2) is 0 Å². The first-order valence-corrected chi connectivity index (χ1v) is 7.24. The standard InChI is InChI=1S/C8H12F8Si/c1-5(9,10)7(13,14)8(15,16)6(11,12)3-4-17-2/h3-4,17H2,1-2H3. The molecule has 0 amide bonds. The summed E-state index contributed by atoms with van der Waals surface area (Å²) in [6, 6.07) is -0.325. The van der Waals surface area contributed by atoms with Gasteiger partial charge in [0.2, 0.25) is 0 Å². The molecule has 0 atom stereocenters. The molecule has 0 N–H and O–H groups in total. The summed E-state index contributed by atoms with van der Waals surface area (Å²) in [7, 11) is -1.05. The van der Waals surface area contributed by atoms with Crippen LogP contribution in [0.5, 0.6) is 0 Å². The summed E-state index contributed by atoms with van der Waals surface area (Å²) >= 11 is 0. The van der Waals surface area contributed by atoms with E-state index < -0.39 is 46.6 Å². The molecule has 0 aromatic carbocycles. The van der Waals surface area contributed by atoms with Crippen molar-refractivity contribution < 1.29 is 35.1 Å². The highest BCUT2D eigenvalue weighted by Gasteiger charge is 2.78. The van der Waals surface area contributed by atoms with Gasteiger partial charge in [0.05, 0.1) is 0 Å². The summed E-state index contributed by atoms with van der Waals surface area (Å²) in [5, 5.41) is 0. The van der Waals surface area contributed by atoms with E-state index in [9.17, 15) is 35.1 Å². The van der Waals surface area contributed by atoms with Crippen molar-refractivity contribution in [2.75, 3.05) is 0 Å². The maximum absolute atomic E-state index is 12.9. The number of alkyl halides is 8. The van der Waals surface area contributed by atoms with Crippen LogP contribution in [0.2, 0.25) is 12.6 Å². The van der Waals surface area contributed by atoms with Crippen LogP contribution in [0.4, 0.5) is 35.1 Å². The molecule has 0 rings (SSSR count). The molecule has 0 aromatic heterocycles. The molecule has 0 aromatic rings. The van der Waals surface area contributed by atoms with Crippen molar-refractivity contribution in [3.63, 3.8) is 0 Å². The van der Waals surface area contributed by atoms with Crippen LogP contribution < -0.4 is 0 Å². The van der Waals surface area contributed by atoms with Gasteiger partial charge in [-0.2, -0.15) is 35.1 Å². The lowest BCUT2D eigenvalue weighted by atomic mass is 9.98. The second kappa shape index (κ2) is 4.73. The van der Waals surface area contributed by atoms with Crippen LogP contribution in [-0.4, -0.2) is 33.2 Å². The molecule has 9 heteroatoms. The predicted octanol–water partition coefficient (Wildman–Crippen LogP) is 3.57. The second-order valence-electron chi connectivity index (χ2n) is 3.85. The molecule has 0 fully saturated rings. The predicted molar refractivity (Wildman–Crippen MR) is 49.3 cm³/mol. The van der Waals surface area contributed by atoms with Crippen LogP contribution in [0.1, 0.15) is 13.3 Å². The van der Waals surface area contributed by atoms with Crippen molar-refractivity contribution in [2.45, 2.75) is 49.6 Å². The van der Waals surface area contributed by atoms with Gasteiger partial charge in [-0.1, -0.05) is 12.6 Å². The Balaban J connectivity index is 5.24. The Morgan fingerprint density at radius 3 is 1.53 bits per heavy atom. The Kier molecular flexibility index (Phi) is 4.64. The molecular formula is C8H12F8Si. The van der Waals surface area contributed by atoms with Gasteiger partial charge in [0, 0.05) is 22.9 Å². The molecule has 0 radical (unpaired) electrons. The smallest absolute Gasteiger partial charge is 0.200 e. The first-order valence-electron chi connectivity index (χ1n) is 4.82. The van der Waals surface area contributed by atoms with Crippen molar-refractivity contribution >= 4 is 9.52 Å². The minimum absolute atomic E-state index is 0.325. The van der Waals surface area contributed by atoms with E-state index in [1.807, 2.05) is 0 Å². The Labute approximate surface area is 95.2 Å². The van der Waals surface area contributed by atoms with Gasteiger partial charge in [-0.15, -0.1) is 0 Å². The molecule has 0 spiro atoms. The number of halogens is 8. The highest BCUT2D eigenvalue weighted by Crippen LogP contribution is 2.53. The van der Waals surface area contributed by atoms with Gasteiger partial charge < -0.3 is 0 Å². The highest BCUT2D eigenvalue weighted by atomic mass is 28.2. The van der Waals surface area contributed by atoms with E-state index in [-0.39, 0.29) is 6.04 Å². The summed E-state index contributed by atoms with van der Waals surface area (Å²) in [6.07, 6.45) is -1.51. The average molecular weight is 288 g/mol. The van der Waals surface area contributed by atoms with Crippen LogP contribution in [0.25, 0.3) is 0 Å². The van der Waals surface area contributed by atoms with Crippen molar-refractivity contribution in [1.29, 1.82) is 0 Å². The second-order valence-corrected chi connectivity index (χ2v) is 5.55. The van der Waals surface area contributed by atoms with Crippen LogP contribution in [-0.2, 0) is 0 Å². The van der Waals surface area contributed by atoms with Crippen molar-refractivity contribution in [3.05, 3.63) is 0 Å². The summed E-state index contributed by atoms with van der Waals surface area (Å²) in [6.45, 7) is 1.01. The monoisotopic (exact) mass is 288 g/mol. The van der Waals surface area contributed by atoms with Crippen LogP contribution >= 0.6 is 0 Å². The normalized spacial score (nSPS) is 15.9. The molecule has 0 bridgehead atoms. The molecule has 0 aliphatic carbocycles. The fourth-order valence-electron chi connectivity index (χ4n) is 1.06. The van der Waals surface area contributed by atoms with E-state index in [0.717, 1.165) is 0 Å². The zero-order valence-electron chi connectivity index (χ0n) is 9.15.